The molecule has 2 rings (SSSR count). The van der Waals surface area contributed by atoms with Gasteiger partial charge in [-0.25, -0.2) is 8.42 Å². The summed E-state index contributed by atoms with van der Waals surface area (Å²) in [4.78, 5) is 0. The molecule has 106 valence electrons. The van der Waals surface area contributed by atoms with Gasteiger partial charge < -0.3 is 10.5 Å². The van der Waals surface area contributed by atoms with Crippen molar-refractivity contribution in [3.05, 3.63) is 0 Å². The normalized spacial score (nSPS) is 30.2. The topological polar surface area (TPSA) is 72.6 Å². The zero-order valence-electron chi connectivity index (χ0n) is 11.0. The lowest BCUT2D eigenvalue weighted by atomic mass is 10.0. The molecule has 2 aliphatic rings. The molecule has 6 heteroatoms. The highest BCUT2D eigenvalue weighted by Crippen LogP contribution is 2.27. The fourth-order valence-electron chi connectivity index (χ4n) is 2.77. The maximum Gasteiger partial charge on any atom is 0.217 e. The summed E-state index contributed by atoms with van der Waals surface area (Å²) in [6.45, 7) is 3.21. The predicted octanol–water partition coefficient (Wildman–Crippen LogP) is 0.697. The highest BCUT2D eigenvalue weighted by atomic mass is 32.2. The van der Waals surface area contributed by atoms with Crippen LogP contribution in [-0.2, 0) is 14.8 Å². The van der Waals surface area contributed by atoms with E-state index in [2.05, 4.69) is 0 Å². The van der Waals surface area contributed by atoms with Crippen molar-refractivity contribution in [3.8, 4) is 0 Å². The summed E-state index contributed by atoms with van der Waals surface area (Å²) in [6, 6.07) is -0.130. The third kappa shape index (κ3) is 3.04. The molecule has 0 spiro atoms. The Labute approximate surface area is 110 Å². The Kier molecular flexibility index (Phi) is 4.64. The van der Waals surface area contributed by atoms with Crippen LogP contribution in [0, 0.1) is 0 Å². The average molecular weight is 276 g/mol. The molecule has 1 saturated carbocycles. The van der Waals surface area contributed by atoms with Crippen LogP contribution < -0.4 is 5.73 Å². The monoisotopic (exact) mass is 276 g/mol. The molecule has 2 atom stereocenters. The molecule has 0 aromatic rings. The first-order valence-corrected chi connectivity index (χ1v) is 8.38. The van der Waals surface area contributed by atoms with Gasteiger partial charge in [0.2, 0.25) is 10.0 Å². The van der Waals surface area contributed by atoms with Crippen LogP contribution in [0.25, 0.3) is 0 Å². The largest absolute Gasteiger partial charge is 0.374 e. The van der Waals surface area contributed by atoms with Gasteiger partial charge in [0.25, 0.3) is 0 Å². The third-order valence-corrected chi connectivity index (χ3v) is 6.34. The number of nitrogens with two attached hydrogens (primary N) is 1. The lowest BCUT2D eigenvalue weighted by molar-refractivity contribution is -0.0123. The van der Waals surface area contributed by atoms with Crippen molar-refractivity contribution in [2.75, 3.05) is 19.7 Å². The van der Waals surface area contributed by atoms with E-state index in [0.29, 0.717) is 19.7 Å². The molecule has 0 aromatic carbocycles. The zero-order valence-corrected chi connectivity index (χ0v) is 11.9. The smallest absolute Gasteiger partial charge is 0.217 e. The lowest BCUT2D eigenvalue weighted by Crippen LogP contribution is -2.53. The van der Waals surface area contributed by atoms with Crippen LogP contribution in [0.2, 0.25) is 0 Å². The minimum absolute atomic E-state index is 0.130. The van der Waals surface area contributed by atoms with Crippen LogP contribution in [0.3, 0.4) is 0 Å². The van der Waals surface area contributed by atoms with Gasteiger partial charge in [0.05, 0.1) is 18.0 Å². The molecule has 0 amide bonds. The Balaban J connectivity index is 2.04. The van der Waals surface area contributed by atoms with Gasteiger partial charge in [0.1, 0.15) is 0 Å². The second kappa shape index (κ2) is 5.86. The maximum atomic E-state index is 12.5. The predicted molar refractivity (Wildman–Crippen MR) is 70.8 cm³/mol. The van der Waals surface area contributed by atoms with Gasteiger partial charge in [-0.2, -0.15) is 4.31 Å². The molecule has 0 aromatic heterocycles. The molecular weight excluding hydrogens is 252 g/mol. The van der Waals surface area contributed by atoms with Crippen molar-refractivity contribution >= 4 is 10.0 Å². The van der Waals surface area contributed by atoms with Crippen molar-refractivity contribution in [2.45, 2.75) is 56.4 Å². The van der Waals surface area contributed by atoms with Gasteiger partial charge in [0, 0.05) is 19.1 Å². The summed E-state index contributed by atoms with van der Waals surface area (Å²) in [6.07, 6.45) is 4.68. The molecule has 5 nitrogen and oxygen atoms in total. The van der Waals surface area contributed by atoms with E-state index in [4.69, 9.17) is 10.5 Å². The SMILES string of the molecule is CC(N)C1CN(S(=O)(=O)C2CCCCC2)CCO1. The number of morpholine rings is 1. The summed E-state index contributed by atoms with van der Waals surface area (Å²) in [5.41, 5.74) is 5.80. The van der Waals surface area contributed by atoms with Gasteiger partial charge in [-0.15, -0.1) is 0 Å². The van der Waals surface area contributed by atoms with Crippen LogP contribution in [0.1, 0.15) is 39.0 Å². The van der Waals surface area contributed by atoms with Gasteiger partial charge in [-0.1, -0.05) is 19.3 Å². The Morgan fingerprint density at radius 3 is 2.56 bits per heavy atom. The van der Waals surface area contributed by atoms with Gasteiger partial charge in [0.15, 0.2) is 0 Å². The fraction of sp³-hybridized carbons (Fsp3) is 1.00. The van der Waals surface area contributed by atoms with E-state index < -0.39 is 10.0 Å². The number of hydrogen-bond acceptors (Lipinski definition) is 4. The minimum atomic E-state index is -3.15. The highest BCUT2D eigenvalue weighted by Gasteiger charge is 2.36. The first-order chi connectivity index (χ1) is 8.51. The van der Waals surface area contributed by atoms with Crippen molar-refractivity contribution in [2.24, 2.45) is 5.73 Å². The van der Waals surface area contributed by atoms with Gasteiger partial charge in [-0.3, -0.25) is 0 Å². The summed E-state index contributed by atoms with van der Waals surface area (Å²) < 4.78 is 32.2. The van der Waals surface area contributed by atoms with Crippen LogP contribution >= 0.6 is 0 Å². The summed E-state index contributed by atoms with van der Waals surface area (Å²) in [5, 5.41) is -0.182. The Morgan fingerprint density at radius 2 is 1.94 bits per heavy atom. The van der Waals surface area contributed by atoms with Crippen molar-refractivity contribution in [3.63, 3.8) is 0 Å². The summed E-state index contributed by atoms with van der Waals surface area (Å²) in [7, 11) is -3.15. The van der Waals surface area contributed by atoms with Crippen molar-refractivity contribution in [1.82, 2.24) is 4.31 Å². The van der Waals surface area contributed by atoms with Crippen LogP contribution in [0.5, 0.6) is 0 Å². The molecule has 2 N–H and O–H groups in total. The van der Waals surface area contributed by atoms with Crippen molar-refractivity contribution < 1.29 is 13.2 Å². The molecule has 18 heavy (non-hydrogen) atoms. The number of ether oxygens (including phenoxy) is 1. The molecule has 1 heterocycles. The maximum absolute atomic E-state index is 12.5. The minimum Gasteiger partial charge on any atom is -0.374 e. The molecule has 2 unspecified atom stereocenters. The van der Waals surface area contributed by atoms with E-state index in [1.165, 1.54) is 0 Å². The van der Waals surface area contributed by atoms with E-state index in [9.17, 15) is 8.42 Å². The van der Waals surface area contributed by atoms with Gasteiger partial charge in [-0.05, 0) is 19.8 Å². The van der Waals surface area contributed by atoms with E-state index in [1.807, 2.05) is 6.92 Å². The van der Waals surface area contributed by atoms with Crippen LogP contribution in [0.15, 0.2) is 0 Å². The number of sulfonamides is 1. The van der Waals surface area contributed by atoms with Gasteiger partial charge >= 0.3 is 0 Å². The summed E-state index contributed by atoms with van der Waals surface area (Å²) >= 11 is 0. The van der Waals surface area contributed by atoms with E-state index in [0.717, 1.165) is 32.1 Å². The molecule has 2 fully saturated rings. The lowest BCUT2D eigenvalue weighted by Gasteiger charge is -2.36. The molecule has 1 aliphatic carbocycles. The number of hydrogen-bond donors (Lipinski definition) is 1. The van der Waals surface area contributed by atoms with Crippen LogP contribution in [-0.4, -0.2) is 49.8 Å². The number of rotatable bonds is 3. The Morgan fingerprint density at radius 1 is 1.28 bits per heavy atom. The zero-order chi connectivity index (χ0) is 13.2. The van der Waals surface area contributed by atoms with E-state index in [-0.39, 0.29) is 17.4 Å². The molecular formula is C12H24N2O3S. The van der Waals surface area contributed by atoms with E-state index >= 15 is 0 Å². The molecule has 0 radical (unpaired) electrons. The quantitative estimate of drug-likeness (QED) is 0.823. The first-order valence-electron chi connectivity index (χ1n) is 6.88. The molecule has 0 bridgehead atoms. The van der Waals surface area contributed by atoms with E-state index in [1.54, 1.807) is 4.31 Å². The highest BCUT2D eigenvalue weighted by molar-refractivity contribution is 7.89. The standard InChI is InChI=1S/C12H24N2O3S/c1-10(13)12-9-14(7-8-17-12)18(15,16)11-5-3-2-4-6-11/h10-12H,2-9,13H2,1H3. The fourth-order valence-corrected chi connectivity index (χ4v) is 4.81. The Bertz CT molecular complexity index is 364. The third-order valence-electron chi connectivity index (χ3n) is 3.98. The second-order valence-electron chi connectivity index (χ2n) is 5.43. The Hall–Kier alpha value is -0.170. The average Bonchev–Trinajstić information content (AvgIpc) is 2.40. The molecule has 1 saturated heterocycles. The molecule has 1 aliphatic heterocycles. The first kappa shape index (κ1) is 14.2. The van der Waals surface area contributed by atoms with Crippen LogP contribution in [0.4, 0.5) is 0 Å². The number of nitrogens with zero attached hydrogens (tertiary/aromatic N) is 1. The van der Waals surface area contributed by atoms with Crippen molar-refractivity contribution in [1.29, 1.82) is 0 Å². The summed E-state index contributed by atoms with van der Waals surface area (Å²) in [5.74, 6) is 0. The second-order valence-corrected chi connectivity index (χ2v) is 7.64.